The number of nitrogens with one attached hydrogen (secondary N) is 2. The third kappa shape index (κ3) is 5.60. The highest BCUT2D eigenvalue weighted by atomic mass is 16.3. The molecule has 1 rings (SSSR count). The van der Waals surface area contributed by atoms with Crippen LogP contribution in [0.5, 0.6) is 0 Å². The van der Waals surface area contributed by atoms with Gasteiger partial charge in [-0.05, 0) is 45.5 Å². The molecule has 0 aromatic carbocycles. The number of aryl methyl sites for hydroxylation is 1. The second kappa shape index (κ2) is 7.49. The molecule has 1 aromatic heterocycles. The first-order valence-corrected chi connectivity index (χ1v) is 5.78. The number of hydrogen-bond acceptors (Lipinski definition) is 3. The molecule has 0 unspecified atom stereocenters. The molecule has 1 heterocycles. The topological polar surface area (TPSA) is 37.2 Å². The molecule has 0 bridgehead atoms. The maximum atomic E-state index is 5.22. The molecule has 0 aliphatic carbocycles. The first kappa shape index (κ1) is 12.3. The standard InChI is InChI=1S/C12H22N2O/c1-3-5-13-6-4-7-14-9-12-8-11(2)15-10-12/h8,10,13-14H,3-7,9H2,1-2H3. The molecular weight excluding hydrogens is 188 g/mol. The van der Waals surface area contributed by atoms with Gasteiger partial charge in [-0.1, -0.05) is 6.92 Å². The second-order valence-corrected chi connectivity index (χ2v) is 3.85. The van der Waals surface area contributed by atoms with Gasteiger partial charge >= 0.3 is 0 Å². The molecule has 0 spiro atoms. The molecule has 0 radical (unpaired) electrons. The predicted molar refractivity (Wildman–Crippen MR) is 62.9 cm³/mol. The van der Waals surface area contributed by atoms with Crippen molar-refractivity contribution in [2.75, 3.05) is 19.6 Å². The fraction of sp³-hybridized carbons (Fsp3) is 0.667. The van der Waals surface area contributed by atoms with E-state index < -0.39 is 0 Å². The van der Waals surface area contributed by atoms with Crippen molar-refractivity contribution in [3.8, 4) is 0 Å². The summed E-state index contributed by atoms with van der Waals surface area (Å²) in [6, 6.07) is 2.07. The normalized spacial score (nSPS) is 10.8. The van der Waals surface area contributed by atoms with Crippen molar-refractivity contribution in [1.29, 1.82) is 0 Å². The summed E-state index contributed by atoms with van der Waals surface area (Å²) >= 11 is 0. The molecule has 0 aliphatic heterocycles. The Morgan fingerprint density at radius 3 is 2.67 bits per heavy atom. The lowest BCUT2D eigenvalue weighted by molar-refractivity contribution is 0.528. The second-order valence-electron chi connectivity index (χ2n) is 3.85. The van der Waals surface area contributed by atoms with E-state index in [1.165, 1.54) is 18.4 Å². The third-order valence-electron chi connectivity index (χ3n) is 2.25. The number of rotatable bonds is 8. The average molecular weight is 210 g/mol. The molecule has 0 amide bonds. The smallest absolute Gasteiger partial charge is 0.101 e. The van der Waals surface area contributed by atoms with Crippen LogP contribution in [0.4, 0.5) is 0 Å². The van der Waals surface area contributed by atoms with Gasteiger partial charge in [0.15, 0.2) is 0 Å². The summed E-state index contributed by atoms with van der Waals surface area (Å²) in [4.78, 5) is 0. The highest BCUT2D eigenvalue weighted by Crippen LogP contribution is 2.04. The lowest BCUT2D eigenvalue weighted by Crippen LogP contribution is -2.22. The van der Waals surface area contributed by atoms with Crippen LogP contribution in [0.2, 0.25) is 0 Å². The van der Waals surface area contributed by atoms with Gasteiger partial charge in [-0.2, -0.15) is 0 Å². The SMILES string of the molecule is CCCNCCCNCc1coc(C)c1. The Morgan fingerprint density at radius 1 is 1.20 bits per heavy atom. The van der Waals surface area contributed by atoms with Gasteiger partial charge in [-0.25, -0.2) is 0 Å². The van der Waals surface area contributed by atoms with E-state index in [1.807, 2.05) is 13.2 Å². The number of hydrogen-bond donors (Lipinski definition) is 2. The quantitative estimate of drug-likeness (QED) is 0.645. The molecule has 3 heteroatoms. The van der Waals surface area contributed by atoms with Gasteiger partial charge in [0.1, 0.15) is 5.76 Å². The van der Waals surface area contributed by atoms with Crippen molar-refractivity contribution >= 4 is 0 Å². The van der Waals surface area contributed by atoms with Crippen LogP contribution in [-0.2, 0) is 6.54 Å². The van der Waals surface area contributed by atoms with Crippen LogP contribution in [0.3, 0.4) is 0 Å². The van der Waals surface area contributed by atoms with Gasteiger partial charge < -0.3 is 15.1 Å². The fourth-order valence-corrected chi connectivity index (χ4v) is 1.46. The minimum atomic E-state index is 0.908. The van der Waals surface area contributed by atoms with Gasteiger partial charge in [0.25, 0.3) is 0 Å². The van der Waals surface area contributed by atoms with Crippen molar-refractivity contribution in [2.45, 2.75) is 33.2 Å². The molecule has 0 atom stereocenters. The minimum Gasteiger partial charge on any atom is -0.469 e. The van der Waals surface area contributed by atoms with Gasteiger partial charge in [0.05, 0.1) is 6.26 Å². The first-order chi connectivity index (χ1) is 7.33. The summed E-state index contributed by atoms with van der Waals surface area (Å²) in [7, 11) is 0. The van der Waals surface area contributed by atoms with E-state index in [4.69, 9.17) is 4.42 Å². The molecule has 3 nitrogen and oxygen atoms in total. The predicted octanol–water partition coefficient (Wildman–Crippen LogP) is 2.07. The van der Waals surface area contributed by atoms with E-state index in [-0.39, 0.29) is 0 Å². The molecule has 2 N–H and O–H groups in total. The van der Waals surface area contributed by atoms with E-state index in [0.717, 1.165) is 31.9 Å². The highest BCUT2D eigenvalue weighted by Gasteiger charge is 1.96. The zero-order valence-electron chi connectivity index (χ0n) is 9.81. The van der Waals surface area contributed by atoms with Gasteiger partial charge in [-0.3, -0.25) is 0 Å². The Balaban J connectivity index is 1.93. The molecule has 1 aromatic rings. The van der Waals surface area contributed by atoms with Crippen LogP contribution in [0.25, 0.3) is 0 Å². The number of furan rings is 1. The van der Waals surface area contributed by atoms with E-state index in [9.17, 15) is 0 Å². The van der Waals surface area contributed by atoms with E-state index in [2.05, 4.69) is 23.6 Å². The summed E-state index contributed by atoms with van der Waals surface area (Å²) in [5, 5.41) is 6.77. The summed E-state index contributed by atoms with van der Waals surface area (Å²) in [5.74, 6) is 0.983. The zero-order valence-corrected chi connectivity index (χ0v) is 9.81. The summed E-state index contributed by atoms with van der Waals surface area (Å²) in [5.41, 5.74) is 1.23. The lowest BCUT2D eigenvalue weighted by Gasteiger charge is -2.04. The zero-order chi connectivity index (χ0) is 10.9. The lowest BCUT2D eigenvalue weighted by atomic mass is 10.3. The maximum Gasteiger partial charge on any atom is 0.101 e. The van der Waals surface area contributed by atoms with Gasteiger partial charge in [0.2, 0.25) is 0 Å². The Hall–Kier alpha value is -0.800. The molecule has 0 aliphatic rings. The van der Waals surface area contributed by atoms with Crippen LogP contribution in [-0.4, -0.2) is 19.6 Å². The Morgan fingerprint density at radius 2 is 2.00 bits per heavy atom. The van der Waals surface area contributed by atoms with Crippen LogP contribution in [0.15, 0.2) is 16.7 Å². The monoisotopic (exact) mass is 210 g/mol. The van der Waals surface area contributed by atoms with E-state index in [1.54, 1.807) is 0 Å². The maximum absolute atomic E-state index is 5.22. The summed E-state index contributed by atoms with van der Waals surface area (Å²) in [6.45, 7) is 8.35. The van der Waals surface area contributed by atoms with Crippen molar-refractivity contribution in [3.63, 3.8) is 0 Å². The van der Waals surface area contributed by atoms with Crippen LogP contribution in [0, 0.1) is 6.92 Å². The summed E-state index contributed by atoms with van der Waals surface area (Å²) < 4.78 is 5.22. The summed E-state index contributed by atoms with van der Waals surface area (Å²) in [6.07, 6.45) is 4.20. The third-order valence-corrected chi connectivity index (χ3v) is 2.25. The molecule has 86 valence electrons. The van der Waals surface area contributed by atoms with Crippen molar-refractivity contribution < 1.29 is 4.42 Å². The van der Waals surface area contributed by atoms with E-state index in [0.29, 0.717) is 0 Å². The largest absolute Gasteiger partial charge is 0.469 e. The molecule has 0 saturated heterocycles. The Kier molecular flexibility index (Phi) is 6.12. The minimum absolute atomic E-state index is 0.908. The Labute approximate surface area is 92.2 Å². The molecular formula is C12H22N2O. The Bertz CT molecular complexity index is 258. The average Bonchev–Trinajstić information content (AvgIpc) is 2.63. The van der Waals surface area contributed by atoms with Crippen LogP contribution >= 0.6 is 0 Å². The van der Waals surface area contributed by atoms with Crippen LogP contribution in [0.1, 0.15) is 31.1 Å². The van der Waals surface area contributed by atoms with Crippen molar-refractivity contribution in [2.24, 2.45) is 0 Å². The van der Waals surface area contributed by atoms with Crippen LogP contribution < -0.4 is 10.6 Å². The fourth-order valence-electron chi connectivity index (χ4n) is 1.46. The van der Waals surface area contributed by atoms with Gasteiger partial charge in [0, 0.05) is 12.1 Å². The van der Waals surface area contributed by atoms with Crippen molar-refractivity contribution in [1.82, 2.24) is 10.6 Å². The molecule has 0 saturated carbocycles. The van der Waals surface area contributed by atoms with Gasteiger partial charge in [-0.15, -0.1) is 0 Å². The van der Waals surface area contributed by atoms with E-state index >= 15 is 0 Å². The van der Waals surface area contributed by atoms with Crippen molar-refractivity contribution in [3.05, 3.63) is 23.7 Å². The molecule has 15 heavy (non-hydrogen) atoms. The highest BCUT2D eigenvalue weighted by molar-refractivity contribution is 5.10. The first-order valence-electron chi connectivity index (χ1n) is 5.78. The molecule has 0 fully saturated rings.